The molecule has 0 aromatic heterocycles. The minimum absolute atomic E-state index is 0.0922. The molecule has 0 unspecified atom stereocenters. The highest BCUT2D eigenvalue weighted by molar-refractivity contribution is 7.88. The van der Waals surface area contributed by atoms with E-state index < -0.39 is 16.1 Å². The van der Waals surface area contributed by atoms with Crippen molar-refractivity contribution in [3.63, 3.8) is 0 Å². The van der Waals surface area contributed by atoms with E-state index in [4.69, 9.17) is 0 Å². The van der Waals surface area contributed by atoms with Gasteiger partial charge in [0.15, 0.2) is 0 Å². The molecule has 3 N–H and O–H groups in total. The van der Waals surface area contributed by atoms with Gasteiger partial charge in [0.2, 0.25) is 15.9 Å². The van der Waals surface area contributed by atoms with E-state index >= 15 is 0 Å². The van der Waals surface area contributed by atoms with Gasteiger partial charge >= 0.3 is 0 Å². The monoisotopic (exact) mass is 459 g/mol. The van der Waals surface area contributed by atoms with Crippen molar-refractivity contribution >= 4 is 21.8 Å². The van der Waals surface area contributed by atoms with Crippen molar-refractivity contribution in [1.29, 1.82) is 0 Å². The number of hydrogen-bond acceptors (Lipinski definition) is 4. The van der Waals surface area contributed by atoms with Crippen LogP contribution in [0.5, 0.6) is 0 Å². The van der Waals surface area contributed by atoms with E-state index in [1.807, 2.05) is 32.9 Å². The molecule has 0 aliphatic heterocycles. The van der Waals surface area contributed by atoms with E-state index in [0.29, 0.717) is 11.1 Å². The lowest BCUT2D eigenvalue weighted by Gasteiger charge is -2.22. The summed E-state index contributed by atoms with van der Waals surface area (Å²) in [5.74, 6) is -0.753. The number of sulfonamides is 1. The first kappa shape index (κ1) is 25.5. The standard InChI is InChI=1S/C24H33N3O4S/c1-16(2)22(26-23(28)21-12-6-18(5)7-13-21)24(29)25-14-19-8-10-20(11-9-19)15-32(30,31)27-17(3)4/h6-13,16-17,22,27H,14-15H2,1-5H3,(H,25,29)(H,26,28)/t22-/m0/s1. The third-order valence-corrected chi connectivity index (χ3v) is 6.36. The molecule has 0 saturated carbocycles. The number of hydrogen-bond donors (Lipinski definition) is 3. The quantitative estimate of drug-likeness (QED) is 0.508. The molecule has 2 aromatic carbocycles. The van der Waals surface area contributed by atoms with E-state index in [-0.39, 0.29) is 36.1 Å². The van der Waals surface area contributed by atoms with Gasteiger partial charge in [-0.15, -0.1) is 0 Å². The molecular formula is C24H33N3O4S. The summed E-state index contributed by atoms with van der Waals surface area (Å²) < 4.78 is 26.7. The summed E-state index contributed by atoms with van der Waals surface area (Å²) in [7, 11) is -3.39. The highest BCUT2D eigenvalue weighted by Gasteiger charge is 2.24. The Balaban J connectivity index is 1.95. The molecule has 7 nitrogen and oxygen atoms in total. The van der Waals surface area contributed by atoms with Crippen LogP contribution in [0.2, 0.25) is 0 Å². The molecule has 1 atom stereocenters. The molecule has 0 spiro atoms. The highest BCUT2D eigenvalue weighted by atomic mass is 32.2. The number of rotatable bonds is 10. The molecule has 2 amide bonds. The summed E-state index contributed by atoms with van der Waals surface area (Å²) in [6, 6.07) is 13.4. The van der Waals surface area contributed by atoms with Crippen LogP contribution in [0.1, 0.15) is 54.7 Å². The first-order valence-corrected chi connectivity index (χ1v) is 12.3. The maximum absolute atomic E-state index is 12.7. The van der Waals surface area contributed by atoms with Gasteiger partial charge in [-0.2, -0.15) is 0 Å². The Morgan fingerprint density at radius 1 is 0.875 bits per heavy atom. The molecule has 0 heterocycles. The van der Waals surface area contributed by atoms with Crippen molar-refractivity contribution in [1.82, 2.24) is 15.4 Å². The van der Waals surface area contributed by atoms with Crippen LogP contribution >= 0.6 is 0 Å². The van der Waals surface area contributed by atoms with Gasteiger partial charge in [-0.1, -0.05) is 55.8 Å². The second kappa shape index (κ2) is 11.2. The molecule has 0 aliphatic rings. The van der Waals surface area contributed by atoms with Gasteiger partial charge in [0, 0.05) is 18.2 Å². The summed E-state index contributed by atoms with van der Waals surface area (Å²) >= 11 is 0. The molecule has 8 heteroatoms. The van der Waals surface area contributed by atoms with Crippen LogP contribution in [0.3, 0.4) is 0 Å². The number of aryl methyl sites for hydroxylation is 1. The predicted octanol–water partition coefficient (Wildman–Crippen LogP) is 2.89. The van der Waals surface area contributed by atoms with Crippen LogP contribution < -0.4 is 15.4 Å². The Kier molecular flexibility index (Phi) is 8.98. The topological polar surface area (TPSA) is 104 Å². The van der Waals surface area contributed by atoms with Crippen LogP contribution in [0, 0.1) is 12.8 Å². The largest absolute Gasteiger partial charge is 0.350 e. The number of carbonyl (C=O) groups excluding carboxylic acids is 2. The number of benzene rings is 2. The second-order valence-corrected chi connectivity index (χ2v) is 10.4. The Morgan fingerprint density at radius 3 is 1.97 bits per heavy atom. The highest BCUT2D eigenvalue weighted by Crippen LogP contribution is 2.10. The number of carbonyl (C=O) groups is 2. The lowest BCUT2D eigenvalue weighted by atomic mass is 10.0. The van der Waals surface area contributed by atoms with Crippen LogP contribution in [-0.2, 0) is 27.1 Å². The van der Waals surface area contributed by atoms with Crippen LogP contribution in [-0.4, -0.2) is 32.3 Å². The zero-order valence-corrected chi connectivity index (χ0v) is 20.1. The first-order chi connectivity index (χ1) is 15.0. The number of amides is 2. The molecular weight excluding hydrogens is 426 g/mol. The fourth-order valence-electron chi connectivity index (χ4n) is 3.14. The smallest absolute Gasteiger partial charge is 0.251 e. The van der Waals surface area contributed by atoms with Crippen molar-refractivity contribution in [2.75, 3.05) is 0 Å². The lowest BCUT2D eigenvalue weighted by Crippen LogP contribution is -2.49. The van der Waals surface area contributed by atoms with E-state index in [1.165, 1.54) is 0 Å². The minimum atomic E-state index is -3.39. The van der Waals surface area contributed by atoms with E-state index in [1.54, 1.807) is 50.2 Å². The molecule has 174 valence electrons. The van der Waals surface area contributed by atoms with Gasteiger partial charge in [0.25, 0.3) is 5.91 Å². The lowest BCUT2D eigenvalue weighted by molar-refractivity contribution is -0.124. The van der Waals surface area contributed by atoms with Crippen molar-refractivity contribution in [2.45, 2.75) is 59.0 Å². The third kappa shape index (κ3) is 8.09. The van der Waals surface area contributed by atoms with Crippen molar-refractivity contribution < 1.29 is 18.0 Å². The summed E-state index contributed by atoms with van der Waals surface area (Å²) in [5.41, 5.74) is 3.06. The van der Waals surface area contributed by atoms with E-state index in [9.17, 15) is 18.0 Å². The summed E-state index contributed by atoms with van der Waals surface area (Å²) in [4.78, 5) is 25.2. The van der Waals surface area contributed by atoms with Gasteiger partial charge in [-0.25, -0.2) is 13.1 Å². The molecule has 32 heavy (non-hydrogen) atoms. The van der Waals surface area contributed by atoms with Gasteiger partial charge in [-0.3, -0.25) is 9.59 Å². The van der Waals surface area contributed by atoms with Gasteiger partial charge in [-0.05, 0) is 49.9 Å². The van der Waals surface area contributed by atoms with Gasteiger partial charge in [0.05, 0.1) is 5.75 Å². The maximum Gasteiger partial charge on any atom is 0.251 e. The molecule has 0 aliphatic carbocycles. The average Bonchev–Trinajstić information content (AvgIpc) is 2.70. The SMILES string of the molecule is Cc1ccc(C(=O)N[C@H](C(=O)NCc2ccc(CS(=O)(=O)NC(C)C)cc2)C(C)C)cc1. The molecule has 0 radical (unpaired) electrons. The summed E-state index contributed by atoms with van der Waals surface area (Å²) in [6.45, 7) is 9.52. The Bertz CT molecular complexity index is 1010. The van der Waals surface area contributed by atoms with Crippen molar-refractivity contribution in [3.8, 4) is 0 Å². The van der Waals surface area contributed by atoms with Crippen LogP contribution in [0.25, 0.3) is 0 Å². The Labute approximate surface area is 191 Å². The molecule has 2 aromatic rings. The number of nitrogens with one attached hydrogen (secondary N) is 3. The zero-order chi connectivity index (χ0) is 23.9. The van der Waals surface area contributed by atoms with Gasteiger partial charge < -0.3 is 10.6 Å². The minimum Gasteiger partial charge on any atom is -0.350 e. The summed E-state index contributed by atoms with van der Waals surface area (Å²) in [5, 5.41) is 5.67. The third-order valence-electron chi connectivity index (χ3n) is 4.81. The predicted molar refractivity (Wildman–Crippen MR) is 126 cm³/mol. The fourth-order valence-corrected chi connectivity index (χ4v) is 4.57. The molecule has 0 saturated heterocycles. The first-order valence-electron chi connectivity index (χ1n) is 10.7. The normalized spacial score (nSPS) is 12.6. The van der Waals surface area contributed by atoms with E-state index in [2.05, 4.69) is 15.4 Å². The second-order valence-electron chi connectivity index (χ2n) is 8.63. The molecule has 0 fully saturated rings. The maximum atomic E-state index is 12.7. The zero-order valence-electron chi connectivity index (χ0n) is 19.3. The van der Waals surface area contributed by atoms with E-state index in [0.717, 1.165) is 11.1 Å². The average molecular weight is 460 g/mol. The Hall–Kier alpha value is -2.71. The Morgan fingerprint density at radius 2 is 1.44 bits per heavy atom. The molecule has 2 rings (SSSR count). The molecule has 0 bridgehead atoms. The fraction of sp³-hybridized carbons (Fsp3) is 0.417. The van der Waals surface area contributed by atoms with Crippen molar-refractivity contribution in [2.24, 2.45) is 5.92 Å². The van der Waals surface area contributed by atoms with Crippen molar-refractivity contribution in [3.05, 3.63) is 70.8 Å². The van der Waals surface area contributed by atoms with Crippen LogP contribution in [0.15, 0.2) is 48.5 Å². The van der Waals surface area contributed by atoms with Gasteiger partial charge in [0.1, 0.15) is 6.04 Å². The summed E-state index contributed by atoms with van der Waals surface area (Å²) in [6.07, 6.45) is 0. The van der Waals surface area contributed by atoms with Crippen LogP contribution in [0.4, 0.5) is 0 Å².